The lowest BCUT2D eigenvalue weighted by atomic mass is 10.2. The average molecular weight is 458 g/mol. The fourth-order valence-electron chi connectivity index (χ4n) is 2.16. The van der Waals surface area contributed by atoms with Gasteiger partial charge in [-0.1, -0.05) is 12.1 Å². The molecule has 132 valence electrons. The summed E-state index contributed by atoms with van der Waals surface area (Å²) in [5, 5.41) is 6.69. The summed E-state index contributed by atoms with van der Waals surface area (Å²) in [6, 6.07) is 12.8. The predicted molar refractivity (Wildman–Crippen MR) is 117 cm³/mol. The molecule has 1 aromatic carbocycles. The highest BCUT2D eigenvalue weighted by molar-refractivity contribution is 14.0. The molecule has 0 fully saturated rings. The molecule has 1 aromatic heterocycles. The molecule has 0 aliphatic rings. The number of hydrogen-bond acceptors (Lipinski definition) is 3. The van der Waals surface area contributed by atoms with Crippen LogP contribution in [0.15, 0.2) is 41.4 Å². The van der Waals surface area contributed by atoms with Crippen LogP contribution >= 0.6 is 35.3 Å². The largest absolute Gasteiger partial charge is 0.378 e. The van der Waals surface area contributed by atoms with Gasteiger partial charge in [0, 0.05) is 36.1 Å². The summed E-state index contributed by atoms with van der Waals surface area (Å²) < 4.78 is 0. The van der Waals surface area contributed by atoms with E-state index >= 15 is 0 Å². The van der Waals surface area contributed by atoms with E-state index in [1.54, 1.807) is 0 Å². The van der Waals surface area contributed by atoms with Crippen LogP contribution in [0.4, 0.5) is 5.69 Å². The van der Waals surface area contributed by atoms with E-state index in [4.69, 9.17) is 0 Å². The van der Waals surface area contributed by atoms with Crippen molar-refractivity contribution in [3.8, 4) is 0 Å². The number of benzene rings is 1. The first kappa shape index (κ1) is 20.8. The molecule has 2 rings (SSSR count). The molecule has 0 unspecified atom stereocenters. The third-order valence-electron chi connectivity index (χ3n) is 3.44. The molecule has 2 N–H and O–H groups in total. The van der Waals surface area contributed by atoms with Crippen molar-refractivity contribution in [2.45, 2.75) is 26.9 Å². The monoisotopic (exact) mass is 458 g/mol. The van der Waals surface area contributed by atoms with Gasteiger partial charge in [-0.15, -0.1) is 35.3 Å². The molecule has 0 bridgehead atoms. The summed E-state index contributed by atoms with van der Waals surface area (Å²) in [4.78, 5) is 9.42. The molecule has 2 aromatic rings. The van der Waals surface area contributed by atoms with Crippen LogP contribution in [-0.4, -0.2) is 26.6 Å². The Labute approximate surface area is 166 Å². The minimum atomic E-state index is 0. The molecule has 4 nitrogen and oxygen atoms in total. The predicted octanol–water partition coefficient (Wildman–Crippen LogP) is 4.00. The number of hydrogen-bond donors (Lipinski definition) is 2. The standard InChI is InChI=1S/C18H26N4S.HI/c1-5-19-18(21-13-17-11-6-14(2)23-17)20-12-15-7-9-16(10-8-15)22(3)4;/h6-11H,5,12-13H2,1-4H3,(H2,19,20,21);1H. The maximum absolute atomic E-state index is 4.67. The summed E-state index contributed by atoms with van der Waals surface area (Å²) in [5.41, 5.74) is 2.41. The van der Waals surface area contributed by atoms with Gasteiger partial charge in [0.15, 0.2) is 5.96 Å². The highest BCUT2D eigenvalue weighted by Gasteiger charge is 2.01. The van der Waals surface area contributed by atoms with Gasteiger partial charge in [0.2, 0.25) is 0 Å². The second kappa shape index (κ2) is 10.6. The first-order valence-corrected chi connectivity index (χ1v) is 8.74. The number of nitrogens with one attached hydrogen (secondary N) is 2. The first-order valence-electron chi connectivity index (χ1n) is 7.92. The smallest absolute Gasteiger partial charge is 0.191 e. The van der Waals surface area contributed by atoms with Crippen LogP contribution in [0.3, 0.4) is 0 Å². The van der Waals surface area contributed by atoms with Crippen LogP contribution < -0.4 is 15.5 Å². The van der Waals surface area contributed by atoms with Crippen molar-refractivity contribution in [1.82, 2.24) is 10.6 Å². The Balaban J connectivity index is 0.00000288. The average Bonchev–Trinajstić information content (AvgIpc) is 2.96. The Hall–Kier alpha value is -1.28. The van der Waals surface area contributed by atoms with Crippen molar-refractivity contribution >= 4 is 47.0 Å². The van der Waals surface area contributed by atoms with Gasteiger partial charge >= 0.3 is 0 Å². The fourth-order valence-corrected chi connectivity index (χ4v) is 2.99. The van der Waals surface area contributed by atoms with Crippen molar-refractivity contribution < 1.29 is 0 Å². The third-order valence-corrected chi connectivity index (χ3v) is 4.44. The van der Waals surface area contributed by atoms with Crippen molar-refractivity contribution in [2.24, 2.45) is 4.99 Å². The van der Waals surface area contributed by atoms with Gasteiger partial charge in [-0.2, -0.15) is 0 Å². The summed E-state index contributed by atoms with van der Waals surface area (Å²) in [7, 11) is 4.10. The molecule has 0 aliphatic carbocycles. The van der Waals surface area contributed by atoms with Gasteiger partial charge in [-0.25, -0.2) is 4.99 Å². The molecule has 0 saturated carbocycles. The first-order chi connectivity index (χ1) is 11.1. The molecule has 0 atom stereocenters. The zero-order valence-electron chi connectivity index (χ0n) is 14.8. The molecule has 0 amide bonds. The van der Waals surface area contributed by atoms with Crippen LogP contribution in [0.2, 0.25) is 0 Å². The van der Waals surface area contributed by atoms with Gasteiger partial charge < -0.3 is 15.5 Å². The van der Waals surface area contributed by atoms with Crippen molar-refractivity contribution in [3.05, 3.63) is 51.7 Å². The van der Waals surface area contributed by atoms with E-state index in [0.29, 0.717) is 6.54 Å². The fraction of sp³-hybridized carbons (Fsp3) is 0.389. The van der Waals surface area contributed by atoms with Crippen LogP contribution in [0.5, 0.6) is 0 Å². The van der Waals surface area contributed by atoms with E-state index < -0.39 is 0 Å². The van der Waals surface area contributed by atoms with Gasteiger partial charge in [-0.05, 0) is 43.7 Å². The topological polar surface area (TPSA) is 39.7 Å². The molecule has 0 spiro atoms. The highest BCUT2D eigenvalue weighted by Crippen LogP contribution is 2.15. The van der Waals surface area contributed by atoms with E-state index in [-0.39, 0.29) is 24.0 Å². The number of halogens is 1. The summed E-state index contributed by atoms with van der Waals surface area (Å²) in [5.74, 6) is 0.857. The summed E-state index contributed by atoms with van der Waals surface area (Å²) in [6.45, 7) is 6.55. The van der Waals surface area contributed by atoms with Crippen molar-refractivity contribution in [3.63, 3.8) is 0 Å². The van der Waals surface area contributed by atoms with Crippen LogP contribution in [0.1, 0.15) is 22.2 Å². The normalized spacial score (nSPS) is 10.9. The van der Waals surface area contributed by atoms with Crippen LogP contribution in [0, 0.1) is 6.92 Å². The summed E-state index contributed by atoms with van der Waals surface area (Å²) >= 11 is 1.82. The van der Waals surface area contributed by atoms with Gasteiger partial charge in [0.05, 0.1) is 13.1 Å². The number of rotatable bonds is 6. The quantitative estimate of drug-likeness (QED) is 0.391. The number of aliphatic imine (C=N–C) groups is 1. The SMILES string of the molecule is CCNC(=NCc1ccc(N(C)C)cc1)NCc1ccc(C)s1.I. The number of nitrogens with zero attached hydrogens (tertiary/aromatic N) is 2. The Bertz CT molecular complexity index is 635. The second-order valence-corrected chi connectivity index (χ2v) is 6.99. The maximum atomic E-state index is 4.67. The van der Waals surface area contributed by atoms with E-state index in [2.05, 4.69) is 70.8 Å². The summed E-state index contributed by atoms with van der Waals surface area (Å²) in [6.07, 6.45) is 0. The molecular formula is C18H27IN4S. The number of guanidine groups is 1. The minimum absolute atomic E-state index is 0. The van der Waals surface area contributed by atoms with E-state index in [1.165, 1.54) is 21.0 Å². The molecule has 0 aliphatic heterocycles. The van der Waals surface area contributed by atoms with E-state index in [1.807, 2.05) is 25.4 Å². The van der Waals surface area contributed by atoms with Gasteiger partial charge in [-0.3, -0.25) is 0 Å². The van der Waals surface area contributed by atoms with Crippen molar-refractivity contribution in [2.75, 3.05) is 25.5 Å². The molecule has 6 heteroatoms. The number of thiophene rings is 1. The number of anilines is 1. The molecular weight excluding hydrogens is 431 g/mol. The van der Waals surface area contributed by atoms with Gasteiger partial charge in [0.1, 0.15) is 0 Å². The van der Waals surface area contributed by atoms with Crippen LogP contribution in [0.25, 0.3) is 0 Å². The Morgan fingerprint density at radius 1 is 1.08 bits per heavy atom. The van der Waals surface area contributed by atoms with Crippen LogP contribution in [-0.2, 0) is 13.1 Å². The molecule has 1 heterocycles. The molecule has 0 radical (unpaired) electrons. The lowest BCUT2D eigenvalue weighted by Crippen LogP contribution is -2.36. The van der Waals surface area contributed by atoms with E-state index in [0.717, 1.165) is 19.0 Å². The zero-order chi connectivity index (χ0) is 16.7. The van der Waals surface area contributed by atoms with Gasteiger partial charge in [0.25, 0.3) is 0 Å². The Morgan fingerprint density at radius 2 is 1.79 bits per heavy atom. The minimum Gasteiger partial charge on any atom is -0.378 e. The highest BCUT2D eigenvalue weighted by atomic mass is 127. The Morgan fingerprint density at radius 3 is 2.33 bits per heavy atom. The molecule has 24 heavy (non-hydrogen) atoms. The molecule has 0 saturated heterocycles. The zero-order valence-corrected chi connectivity index (χ0v) is 17.9. The lowest BCUT2D eigenvalue weighted by molar-refractivity contribution is 0.823. The maximum Gasteiger partial charge on any atom is 0.191 e. The third kappa shape index (κ3) is 6.68. The lowest BCUT2D eigenvalue weighted by Gasteiger charge is -2.13. The van der Waals surface area contributed by atoms with E-state index in [9.17, 15) is 0 Å². The number of aryl methyl sites for hydroxylation is 1. The second-order valence-electron chi connectivity index (χ2n) is 5.62. The van der Waals surface area contributed by atoms with Crippen molar-refractivity contribution in [1.29, 1.82) is 0 Å². The Kier molecular flexibility index (Phi) is 9.13.